The molecule has 1 unspecified atom stereocenters. The van der Waals surface area contributed by atoms with Crippen LogP contribution in [0.15, 0.2) is 60.7 Å². The molecular formula is C23H32N4O4S. The molecule has 2 aromatic rings. The zero-order valence-electron chi connectivity index (χ0n) is 19.1. The second kappa shape index (κ2) is 11.6. The topological polar surface area (TPSA) is 90.0 Å². The van der Waals surface area contributed by atoms with Gasteiger partial charge in [-0.1, -0.05) is 55.5 Å². The maximum atomic E-state index is 13.5. The van der Waals surface area contributed by atoms with Gasteiger partial charge in [-0.05, 0) is 31.0 Å². The van der Waals surface area contributed by atoms with E-state index >= 15 is 0 Å². The van der Waals surface area contributed by atoms with Crippen molar-refractivity contribution in [2.45, 2.75) is 32.9 Å². The van der Waals surface area contributed by atoms with Gasteiger partial charge >= 0.3 is 10.2 Å². The van der Waals surface area contributed by atoms with Crippen LogP contribution in [0, 0.1) is 0 Å². The number of nitrogens with zero attached hydrogens (tertiary/aromatic N) is 3. The number of hydrogen-bond acceptors (Lipinski definition) is 4. The van der Waals surface area contributed by atoms with Gasteiger partial charge in [0.05, 0.1) is 5.69 Å². The van der Waals surface area contributed by atoms with E-state index < -0.39 is 28.7 Å². The van der Waals surface area contributed by atoms with Gasteiger partial charge in [0.1, 0.15) is 12.6 Å². The number of likely N-dealkylation sites (N-methyl/N-ethyl adjacent to an activating group) is 1. The molecule has 2 rings (SSSR count). The predicted molar refractivity (Wildman–Crippen MR) is 126 cm³/mol. The molecule has 0 aromatic heterocycles. The summed E-state index contributed by atoms with van der Waals surface area (Å²) in [6, 6.07) is 17.1. The number of benzene rings is 2. The van der Waals surface area contributed by atoms with E-state index in [4.69, 9.17) is 0 Å². The summed E-state index contributed by atoms with van der Waals surface area (Å²) in [5.41, 5.74) is 1.23. The summed E-state index contributed by atoms with van der Waals surface area (Å²) in [4.78, 5) is 27.7. The Hall–Kier alpha value is -2.91. The summed E-state index contributed by atoms with van der Waals surface area (Å²) in [6.45, 7) is 3.85. The van der Waals surface area contributed by atoms with Crippen molar-refractivity contribution in [3.63, 3.8) is 0 Å². The van der Waals surface area contributed by atoms with Crippen molar-refractivity contribution in [3.8, 4) is 0 Å². The highest BCUT2D eigenvalue weighted by molar-refractivity contribution is 7.90. The van der Waals surface area contributed by atoms with Gasteiger partial charge in [0, 0.05) is 27.2 Å². The van der Waals surface area contributed by atoms with Crippen LogP contribution in [-0.4, -0.2) is 62.7 Å². The van der Waals surface area contributed by atoms with Gasteiger partial charge < -0.3 is 10.2 Å². The fourth-order valence-electron chi connectivity index (χ4n) is 3.30. The predicted octanol–water partition coefficient (Wildman–Crippen LogP) is 2.24. The van der Waals surface area contributed by atoms with E-state index in [2.05, 4.69) is 5.32 Å². The van der Waals surface area contributed by atoms with Crippen LogP contribution in [0.4, 0.5) is 5.69 Å². The Labute approximate surface area is 191 Å². The van der Waals surface area contributed by atoms with E-state index in [1.54, 1.807) is 30.3 Å². The number of nitrogens with one attached hydrogen (secondary N) is 1. The van der Waals surface area contributed by atoms with Gasteiger partial charge in [-0.3, -0.25) is 9.59 Å². The average Bonchev–Trinajstić information content (AvgIpc) is 2.78. The van der Waals surface area contributed by atoms with Gasteiger partial charge in [-0.25, -0.2) is 4.31 Å². The lowest BCUT2D eigenvalue weighted by molar-refractivity contribution is -0.140. The lowest BCUT2D eigenvalue weighted by Gasteiger charge is -2.33. The Morgan fingerprint density at radius 2 is 1.50 bits per heavy atom. The van der Waals surface area contributed by atoms with E-state index in [0.29, 0.717) is 18.7 Å². The minimum absolute atomic E-state index is 0.194. The highest BCUT2D eigenvalue weighted by Gasteiger charge is 2.33. The highest BCUT2D eigenvalue weighted by Crippen LogP contribution is 2.21. The Bertz CT molecular complexity index is 982. The SMILES string of the molecule is CCNC(=O)C(CC)N(Cc1ccccc1)C(=O)CN(c1ccccc1)S(=O)(=O)N(C)C. The molecule has 2 amide bonds. The number of anilines is 1. The monoisotopic (exact) mass is 460 g/mol. The Kier molecular flexibility index (Phi) is 9.22. The molecule has 1 atom stereocenters. The maximum Gasteiger partial charge on any atom is 0.304 e. The van der Waals surface area contributed by atoms with Gasteiger partial charge in [-0.15, -0.1) is 0 Å². The highest BCUT2D eigenvalue weighted by atomic mass is 32.2. The van der Waals surface area contributed by atoms with Gasteiger partial charge in [0.25, 0.3) is 0 Å². The van der Waals surface area contributed by atoms with Crippen LogP contribution in [0.5, 0.6) is 0 Å². The normalized spacial score (nSPS) is 12.3. The number of carbonyl (C=O) groups is 2. The third-order valence-electron chi connectivity index (χ3n) is 5.00. The molecule has 8 nitrogen and oxygen atoms in total. The second-order valence-corrected chi connectivity index (χ2v) is 9.52. The third kappa shape index (κ3) is 6.30. The van der Waals surface area contributed by atoms with Gasteiger partial charge in [0.15, 0.2) is 0 Å². The molecule has 0 fully saturated rings. The van der Waals surface area contributed by atoms with Crippen molar-refractivity contribution in [3.05, 3.63) is 66.2 Å². The van der Waals surface area contributed by atoms with Gasteiger partial charge in [0.2, 0.25) is 11.8 Å². The van der Waals surface area contributed by atoms with E-state index in [9.17, 15) is 18.0 Å². The number of rotatable bonds is 11. The number of carbonyl (C=O) groups excluding carboxylic acids is 2. The first-order valence-electron chi connectivity index (χ1n) is 10.6. The summed E-state index contributed by atoms with van der Waals surface area (Å²) < 4.78 is 28.2. The Morgan fingerprint density at radius 1 is 0.938 bits per heavy atom. The number of hydrogen-bond donors (Lipinski definition) is 1. The molecule has 0 saturated carbocycles. The molecule has 0 aliphatic rings. The molecule has 32 heavy (non-hydrogen) atoms. The Balaban J connectivity index is 2.44. The fraction of sp³-hybridized carbons (Fsp3) is 0.391. The molecular weight excluding hydrogens is 428 g/mol. The lowest BCUT2D eigenvalue weighted by atomic mass is 10.1. The summed E-state index contributed by atoms with van der Waals surface area (Å²) in [5.74, 6) is -0.720. The molecule has 0 aliphatic heterocycles. The third-order valence-corrected chi connectivity index (χ3v) is 6.82. The molecule has 174 valence electrons. The van der Waals surface area contributed by atoms with Gasteiger partial charge in [-0.2, -0.15) is 12.7 Å². The lowest BCUT2D eigenvalue weighted by Crippen LogP contribution is -2.53. The van der Waals surface area contributed by atoms with Crippen molar-refractivity contribution < 1.29 is 18.0 Å². The average molecular weight is 461 g/mol. The zero-order chi connectivity index (χ0) is 23.7. The zero-order valence-corrected chi connectivity index (χ0v) is 19.9. The standard InChI is InChI=1S/C23H32N4O4S/c1-5-21(23(29)24-6-2)26(17-19-13-9-7-10-14-19)22(28)18-27(32(30,31)25(3)4)20-15-11-8-12-16-20/h7-16,21H,5-6,17-18H2,1-4H3,(H,24,29). The van der Waals surface area contributed by atoms with Crippen molar-refractivity contribution in [1.29, 1.82) is 0 Å². The molecule has 0 bridgehead atoms. The smallest absolute Gasteiger partial charge is 0.304 e. The summed E-state index contributed by atoms with van der Waals surface area (Å²) in [7, 11) is -1.10. The Morgan fingerprint density at radius 3 is 2.00 bits per heavy atom. The molecule has 0 aliphatic carbocycles. The molecule has 2 aromatic carbocycles. The summed E-state index contributed by atoms with van der Waals surface area (Å²) in [5, 5.41) is 2.78. The van der Waals surface area contributed by atoms with Crippen molar-refractivity contribution in [1.82, 2.24) is 14.5 Å². The second-order valence-electron chi connectivity index (χ2n) is 7.46. The molecule has 0 spiro atoms. The van der Waals surface area contributed by atoms with Crippen molar-refractivity contribution >= 4 is 27.7 Å². The number of amides is 2. The van der Waals surface area contributed by atoms with Crippen LogP contribution in [0.25, 0.3) is 0 Å². The van der Waals surface area contributed by atoms with E-state index in [1.165, 1.54) is 19.0 Å². The first kappa shape index (κ1) is 25.4. The molecule has 0 radical (unpaired) electrons. The quantitative estimate of drug-likeness (QED) is 0.557. The van der Waals surface area contributed by atoms with Crippen LogP contribution in [0.3, 0.4) is 0 Å². The summed E-state index contributed by atoms with van der Waals surface area (Å²) in [6.07, 6.45) is 0.399. The van der Waals surface area contributed by atoms with E-state index in [1.807, 2.05) is 44.2 Å². The van der Waals surface area contributed by atoms with E-state index in [0.717, 1.165) is 14.2 Å². The first-order chi connectivity index (χ1) is 15.2. The minimum Gasteiger partial charge on any atom is -0.355 e. The van der Waals surface area contributed by atoms with Crippen LogP contribution in [0.1, 0.15) is 25.8 Å². The first-order valence-corrected chi connectivity index (χ1v) is 12.0. The molecule has 1 N–H and O–H groups in total. The minimum atomic E-state index is -3.94. The van der Waals surface area contributed by atoms with E-state index in [-0.39, 0.29) is 12.5 Å². The molecule has 0 heterocycles. The van der Waals surface area contributed by atoms with Crippen molar-refractivity contribution in [2.24, 2.45) is 0 Å². The molecule has 0 saturated heterocycles. The largest absolute Gasteiger partial charge is 0.355 e. The number of para-hydroxylation sites is 1. The van der Waals surface area contributed by atoms with Crippen molar-refractivity contribution in [2.75, 3.05) is 31.5 Å². The fourth-order valence-corrected chi connectivity index (χ4v) is 4.36. The summed E-state index contributed by atoms with van der Waals surface area (Å²) >= 11 is 0. The maximum absolute atomic E-state index is 13.5. The molecule has 9 heteroatoms. The van der Waals surface area contributed by atoms with Crippen LogP contribution >= 0.6 is 0 Å². The van der Waals surface area contributed by atoms with Crippen LogP contribution < -0.4 is 9.62 Å². The van der Waals surface area contributed by atoms with Crippen LogP contribution in [-0.2, 0) is 26.3 Å². The van der Waals surface area contributed by atoms with Crippen LogP contribution in [0.2, 0.25) is 0 Å².